The molecule has 63 valence electrons. The van der Waals surface area contributed by atoms with Gasteiger partial charge in [-0.05, 0) is 6.42 Å². The van der Waals surface area contributed by atoms with Crippen LogP contribution < -0.4 is 10.9 Å². The molecule has 0 aliphatic carbocycles. The highest BCUT2D eigenvalue weighted by molar-refractivity contribution is 5.72. The van der Waals surface area contributed by atoms with Gasteiger partial charge >= 0.3 is 5.97 Å². The highest BCUT2D eigenvalue weighted by Gasteiger charge is 2.23. The normalized spacial score (nSPS) is 24.6. The summed E-state index contributed by atoms with van der Waals surface area (Å²) in [6.45, 7) is 1.20. The van der Waals surface area contributed by atoms with Gasteiger partial charge < -0.3 is 0 Å². The molecular weight excluding hydrogens is 148 g/mol. The summed E-state index contributed by atoms with van der Waals surface area (Å²) in [4.78, 5) is 19.6. The van der Waals surface area contributed by atoms with Crippen LogP contribution >= 0.6 is 0 Å². The van der Waals surface area contributed by atoms with E-state index >= 15 is 0 Å². The van der Waals surface area contributed by atoms with Crippen molar-refractivity contribution >= 4 is 5.97 Å². The fraction of sp³-hybridized carbons (Fsp3) is 0.833. The third-order valence-electron chi connectivity index (χ3n) is 1.54. The van der Waals surface area contributed by atoms with Gasteiger partial charge in [-0.3, -0.25) is 4.89 Å². The number of nitrogens with one attached hydrogen (secondary N) is 1. The molecule has 11 heavy (non-hydrogen) atoms. The molecule has 0 aromatic rings. The number of rotatable bonds is 2. The van der Waals surface area contributed by atoms with Crippen molar-refractivity contribution < 1.29 is 14.6 Å². The SMILES string of the molecule is COOC(=O)C1CC[N]NC1. The fourth-order valence-corrected chi connectivity index (χ4v) is 0.928. The minimum atomic E-state index is -0.324. The van der Waals surface area contributed by atoms with Crippen LogP contribution in [0.4, 0.5) is 0 Å². The van der Waals surface area contributed by atoms with E-state index in [1.54, 1.807) is 0 Å². The predicted octanol–water partition coefficient (Wildman–Crippen LogP) is -0.780. The molecule has 1 rings (SSSR count). The van der Waals surface area contributed by atoms with Crippen LogP contribution in [0.1, 0.15) is 6.42 Å². The van der Waals surface area contributed by atoms with E-state index in [0.29, 0.717) is 13.1 Å². The van der Waals surface area contributed by atoms with Gasteiger partial charge in [-0.2, -0.15) is 10.3 Å². The zero-order chi connectivity index (χ0) is 8.10. The summed E-state index contributed by atoms with van der Waals surface area (Å²) in [6.07, 6.45) is 0.731. The first-order valence-electron chi connectivity index (χ1n) is 3.48. The molecule has 1 radical (unpaired) electrons. The molecule has 1 aliphatic rings. The average molecular weight is 159 g/mol. The van der Waals surface area contributed by atoms with Crippen molar-refractivity contribution in [2.45, 2.75) is 6.42 Å². The van der Waals surface area contributed by atoms with E-state index in [9.17, 15) is 4.79 Å². The van der Waals surface area contributed by atoms with E-state index < -0.39 is 0 Å². The van der Waals surface area contributed by atoms with Crippen molar-refractivity contribution in [1.29, 1.82) is 0 Å². The molecule has 1 atom stereocenters. The maximum Gasteiger partial charge on any atom is 0.346 e. The summed E-state index contributed by atoms with van der Waals surface area (Å²) < 4.78 is 0. The van der Waals surface area contributed by atoms with E-state index in [2.05, 4.69) is 20.6 Å². The van der Waals surface area contributed by atoms with Gasteiger partial charge in [-0.1, -0.05) is 0 Å². The van der Waals surface area contributed by atoms with Crippen molar-refractivity contribution in [1.82, 2.24) is 10.9 Å². The Morgan fingerprint density at radius 3 is 3.09 bits per heavy atom. The van der Waals surface area contributed by atoms with Crippen molar-refractivity contribution in [3.63, 3.8) is 0 Å². The van der Waals surface area contributed by atoms with Crippen LogP contribution in [0.3, 0.4) is 0 Å². The van der Waals surface area contributed by atoms with Crippen molar-refractivity contribution in [3.8, 4) is 0 Å². The van der Waals surface area contributed by atoms with Gasteiger partial charge in [-0.15, -0.1) is 0 Å². The number of hydrogen-bond acceptors (Lipinski definition) is 4. The number of carbonyl (C=O) groups excluding carboxylic acids is 1. The van der Waals surface area contributed by atoms with E-state index in [4.69, 9.17) is 0 Å². The van der Waals surface area contributed by atoms with Crippen molar-refractivity contribution in [2.24, 2.45) is 5.92 Å². The summed E-state index contributed by atoms with van der Waals surface area (Å²) in [5.74, 6) is -0.442. The fourth-order valence-electron chi connectivity index (χ4n) is 0.928. The van der Waals surface area contributed by atoms with Gasteiger partial charge in [0, 0.05) is 13.1 Å². The molecule has 0 saturated carbocycles. The largest absolute Gasteiger partial charge is 0.346 e. The predicted molar refractivity (Wildman–Crippen MR) is 36.2 cm³/mol. The smallest absolute Gasteiger partial charge is 0.298 e. The van der Waals surface area contributed by atoms with Gasteiger partial charge in [0.25, 0.3) is 0 Å². The van der Waals surface area contributed by atoms with Gasteiger partial charge in [0.1, 0.15) is 0 Å². The second-order valence-corrected chi connectivity index (χ2v) is 2.30. The standard InChI is InChI=1S/C6H11N2O3/c1-10-11-6(9)5-2-3-7-8-4-5/h5,8H,2-4H2,1H3. The highest BCUT2D eigenvalue weighted by atomic mass is 17.2. The van der Waals surface area contributed by atoms with Crippen LogP contribution in [0.15, 0.2) is 0 Å². The van der Waals surface area contributed by atoms with E-state index in [0.717, 1.165) is 6.42 Å². The first-order valence-corrected chi connectivity index (χ1v) is 3.48. The number of nitrogens with zero attached hydrogens (tertiary/aromatic N) is 1. The summed E-state index contributed by atoms with van der Waals surface area (Å²) in [6, 6.07) is 0. The van der Waals surface area contributed by atoms with Gasteiger partial charge in [0.15, 0.2) is 0 Å². The Labute approximate surface area is 64.9 Å². The average Bonchev–Trinajstić information content (AvgIpc) is 2.07. The lowest BCUT2D eigenvalue weighted by molar-refractivity contribution is -0.259. The molecule has 0 amide bonds. The molecule has 1 saturated heterocycles. The highest BCUT2D eigenvalue weighted by Crippen LogP contribution is 2.06. The third-order valence-corrected chi connectivity index (χ3v) is 1.54. The summed E-state index contributed by atoms with van der Waals surface area (Å²) in [7, 11) is 1.32. The molecular formula is C6H11N2O3. The van der Waals surface area contributed by atoms with Crippen LogP contribution in [0.25, 0.3) is 0 Å². The summed E-state index contributed by atoms with van der Waals surface area (Å²) >= 11 is 0. The molecule has 0 aromatic carbocycles. The third kappa shape index (κ3) is 2.45. The zero-order valence-electron chi connectivity index (χ0n) is 6.37. The molecule has 0 bridgehead atoms. The van der Waals surface area contributed by atoms with Gasteiger partial charge in [0.2, 0.25) is 0 Å². The van der Waals surface area contributed by atoms with Gasteiger partial charge in [-0.25, -0.2) is 10.2 Å². The van der Waals surface area contributed by atoms with Crippen molar-refractivity contribution in [2.75, 3.05) is 20.2 Å². The second kappa shape index (κ2) is 4.27. The summed E-state index contributed by atoms with van der Waals surface area (Å²) in [5, 5.41) is 0. The Bertz CT molecular complexity index is 134. The van der Waals surface area contributed by atoms with Crippen LogP contribution in [0, 0.1) is 5.92 Å². The Morgan fingerprint density at radius 1 is 1.73 bits per heavy atom. The summed E-state index contributed by atoms with van der Waals surface area (Å²) in [5.41, 5.74) is 6.61. The molecule has 0 spiro atoms. The molecule has 1 heterocycles. The Kier molecular flexibility index (Phi) is 3.28. The molecule has 5 heteroatoms. The molecule has 1 unspecified atom stereocenters. The molecule has 1 aliphatic heterocycles. The molecule has 1 N–H and O–H groups in total. The van der Waals surface area contributed by atoms with Crippen LogP contribution in [-0.4, -0.2) is 26.2 Å². The lowest BCUT2D eigenvalue weighted by Crippen LogP contribution is -2.41. The molecule has 1 fully saturated rings. The minimum Gasteiger partial charge on any atom is -0.298 e. The lowest BCUT2D eigenvalue weighted by Gasteiger charge is -2.18. The second-order valence-electron chi connectivity index (χ2n) is 2.30. The maximum atomic E-state index is 11.0. The zero-order valence-corrected chi connectivity index (χ0v) is 6.37. The Morgan fingerprint density at radius 2 is 2.55 bits per heavy atom. The van der Waals surface area contributed by atoms with Crippen molar-refractivity contribution in [3.05, 3.63) is 0 Å². The van der Waals surface area contributed by atoms with Crippen LogP contribution in [0.2, 0.25) is 0 Å². The van der Waals surface area contributed by atoms with Crippen LogP contribution in [0.5, 0.6) is 0 Å². The van der Waals surface area contributed by atoms with Crippen LogP contribution in [-0.2, 0) is 14.6 Å². The Balaban J connectivity index is 2.27. The van der Waals surface area contributed by atoms with E-state index in [1.807, 2.05) is 0 Å². The molecule has 0 aromatic heterocycles. The Hall–Kier alpha value is -0.650. The minimum absolute atomic E-state index is 0.118. The van der Waals surface area contributed by atoms with E-state index in [1.165, 1.54) is 7.11 Å². The van der Waals surface area contributed by atoms with E-state index in [-0.39, 0.29) is 11.9 Å². The number of hydrogen-bond donors (Lipinski definition) is 1. The monoisotopic (exact) mass is 159 g/mol. The maximum absolute atomic E-state index is 11.0. The number of carbonyl (C=O) groups is 1. The quantitative estimate of drug-likeness (QED) is 0.424. The van der Waals surface area contributed by atoms with Gasteiger partial charge in [0.05, 0.1) is 13.0 Å². The first kappa shape index (κ1) is 8.45. The topological polar surface area (TPSA) is 61.7 Å². The first-order chi connectivity index (χ1) is 5.34. The lowest BCUT2D eigenvalue weighted by atomic mass is 10.1. The molecule has 5 nitrogen and oxygen atoms in total.